The Hall–Kier alpha value is -2.67. The van der Waals surface area contributed by atoms with Crippen molar-refractivity contribution in [3.8, 4) is 16.9 Å². The Labute approximate surface area is 163 Å². The minimum atomic E-state index is -0.117. The molecule has 0 aliphatic heterocycles. The lowest BCUT2D eigenvalue weighted by Crippen LogP contribution is -2.30. The summed E-state index contributed by atoms with van der Waals surface area (Å²) < 4.78 is 16.2. The van der Waals surface area contributed by atoms with Gasteiger partial charge in [0.15, 0.2) is 0 Å². The number of hydrogen-bond donors (Lipinski definition) is 1. The molecule has 6 heteroatoms. The first-order valence-electron chi connectivity index (χ1n) is 9.17. The quantitative estimate of drug-likeness (QED) is 0.612. The van der Waals surface area contributed by atoms with Crippen molar-refractivity contribution in [2.45, 2.75) is 6.54 Å². The van der Waals surface area contributed by atoms with Gasteiger partial charge in [-0.25, -0.2) is 0 Å². The minimum Gasteiger partial charge on any atom is -0.507 e. The molecule has 6 nitrogen and oxygen atoms in total. The third-order valence-electron chi connectivity index (χ3n) is 4.71. The molecule has 0 atom stereocenters. The Balaban J connectivity index is 2.01. The van der Waals surface area contributed by atoms with Crippen molar-refractivity contribution in [3.05, 3.63) is 64.5 Å². The van der Waals surface area contributed by atoms with Gasteiger partial charge < -0.3 is 19.0 Å². The van der Waals surface area contributed by atoms with Crippen LogP contribution < -0.4 is 5.43 Å². The lowest BCUT2D eigenvalue weighted by atomic mass is 10.0. The van der Waals surface area contributed by atoms with Gasteiger partial charge in [0, 0.05) is 33.9 Å². The summed E-state index contributed by atoms with van der Waals surface area (Å²) in [5.74, 6) is 0.0999. The average Bonchev–Trinajstić information content (AvgIpc) is 2.72. The van der Waals surface area contributed by atoms with Crippen molar-refractivity contribution in [2.75, 3.05) is 40.5 Å². The fourth-order valence-electron chi connectivity index (χ4n) is 3.15. The first-order chi connectivity index (χ1) is 13.7. The van der Waals surface area contributed by atoms with E-state index in [2.05, 4.69) is 4.90 Å². The number of rotatable bonds is 9. The molecule has 0 radical (unpaired) electrons. The number of fused-ring (bicyclic) bond motifs is 1. The van der Waals surface area contributed by atoms with Gasteiger partial charge in [0.1, 0.15) is 17.6 Å². The smallest absolute Gasteiger partial charge is 0.200 e. The van der Waals surface area contributed by atoms with Crippen LogP contribution in [-0.4, -0.2) is 50.5 Å². The van der Waals surface area contributed by atoms with Crippen LogP contribution in [0.2, 0.25) is 0 Å². The number of benzene rings is 2. The number of nitrogens with zero attached hydrogens (tertiary/aromatic N) is 1. The van der Waals surface area contributed by atoms with Gasteiger partial charge in [0.2, 0.25) is 5.43 Å². The summed E-state index contributed by atoms with van der Waals surface area (Å²) in [4.78, 5) is 15.1. The largest absolute Gasteiger partial charge is 0.507 e. The van der Waals surface area contributed by atoms with Crippen molar-refractivity contribution in [2.24, 2.45) is 0 Å². The van der Waals surface area contributed by atoms with E-state index in [1.807, 2.05) is 30.3 Å². The number of phenolic OH excluding ortho intramolecular Hbond substituents is 1. The van der Waals surface area contributed by atoms with Crippen LogP contribution in [0, 0.1) is 0 Å². The summed E-state index contributed by atoms with van der Waals surface area (Å²) in [6.45, 7) is 2.86. The molecule has 1 heterocycles. The maximum absolute atomic E-state index is 13.0. The molecule has 0 aliphatic carbocycles. The molecular weight excluding hydrogens is 358 g/mol. The highest BCUT2D eigenvalue weighted by molar-refractivity contribution is 5.85. The molecule has 0 aliphatic rings. The van der Waals surface area contributed by atoms with Crippen LogP contribution in [-0.2, 0) is 16.0 Å². The maximum Gasteiger partial charge on any atom is 0.200 e. The van der Waals surface area contributed by atoms with Gasteiger partial charge in [-0.3, -0.25) is 9.69 Å². The summed E-state index contributed by atoms with van der Waals surface area (Å²) in [5.41, 5.74) is 2.18. The van der Waals surface area contributed by atoms with Crippen LogP contribution in [0.4, 0.5) is 0 Å². The van der Waals surface area contributed by atoms with E-state index in [1.54, 1.807) is 26.4 Å². The Morgan fingerprint density at radius 2 is 1.68 bits per heavy atom. The Morgan fingerprint density at radius 1 is 1.00 bits per heavy atom. The van der Waals surface area contributed by atoms with Gasteiger partial charge in [0.05, 0.1) is 29.7 Å². The van der Waals surface area contributed by atoms with E-state index in [1.165, 1.54) is 6.26 Å². The van der Waals surface area contributed by atoms with Gasteiger partial charge in [-0.05, 0) is 17.7 Å². The fourth-order valence-corrected chi connectivity index (χ4v) is 3.15. The summed E-state index contributed by atoms with van der Waals surface area (Å²) in [6, 6.07) is 12.6. The maximum atomic E-state index is 13.0. The zero-order chi connectivity index (χ0) is 19.9. The number of methoxy groups -OCH3 is 2. The Morgan fingerprint density at radius 3 is 2.32 bits per heavy atom. The second-order valence-electron chi connectivity index (χ2n) is 6.55. The first kappa shape index (κ1) is 20.1. The van der Waals surface area contributed by atoms with Crippen molar-refractivity contribution in [1.82, 2.24) is 4.90 Å². The topological polar surface area (TPSA) is 72.1 Å². The van der Waals surface area contributed by atoms with Gasteiger partial charge in [-0.1, -0.05) is 30.3 Å². The van der Waals surface area contributed by atoms with Crippen molar-refractivity contribution < 1.29 is 19.0 Å². The molecule has 0 amide bonds. The van der Waals surface area contributed by atoms with E-state index in [4.69, 9.17) is 13.9 Å². The lowest BCUT2D eigenvalue weighted by molar-refractivity contribution is 0.110. The zero-order valence-electron chi connectivity index (χ0n) is 16.2. The van der Waals surface area contributed by atoms with Crippen molar-refractivity contribution in [1.29, 1.82) is 0 Å². The third-order valence-corrected chi connectivity index (χ3v) is 4.71. The monoisotopic (exact) mass is 383 g/mol. The molecule has 0 fully saturated rings. The third kappa shape index (κ3) is 4.42. The molecular formula is C22H25NO5. The van der Waals surface area contributed by atoms with Gasteiger partial charge in [-0.2, -0.15) is 0 Å². The highest BCUT2D eigenvalue weighted by Gasteiger charge is 2.17. The predicted molar refractivity (Wildman–Crippen MR) is 109 cm³/mol. The fraction of sp³-hybridized carbons (Fsp3) is 0.318. The van der Waals surface area contributed by atoms with Gasteiger partial charge >= 0.3 is 0 Å². The number of phenols is 1. The zero-order valence-corrected chi connectivity index (χ0v) is 16.2. The standard InChI is InChI=1S/C22H25NO5/c1-26-12-10-23(11-13-27-2)14-18-20(24)9-8-17-21(25)19(15-28-22(17)18)16-6-4-3-5-7-16/h3-9,15,24H,10-14H2,1-2H3. The van der Waals surface area contributed by atoms with Crippen LogP contribution in [0.25, 0.3) is 22.1 Å². The molecule has 1 aromatic heterocycles. The van der Waals surface area contributed by atoms with Crippen LogP contribution >= 0.6 is 0 Å². The number of hydrogen-bond acceptors (Lipinski definition) is 6. The highest BCUT2D eigenvalue weighted by atomic mass is 16.5. The molecule has 0 saturated heterocycles. The molecule has 0 spiro atoms. The van der Waals surface area contributed by atoms with Crippen molar-refractivity contribution in [3.63, 3.8) is 0 Å². The van der Waals surface area contributed by atoms with E-state index in [0.717, 1.165) is 5.56 Å². The molecule has 148 valence electrons. The summed E-state index contributed by atoms with van der Waals surface area (Å²) in [7, 11) is 3.29. The first-order valence-corrected chi connectivity index (χ1v) is 9.17. The Bertz CT molecular complexity index is 960. The Kier molecular flexibility index (Phi) is 6.81. The molecule has 1 N–H and O–H groups in total. The lowest BCUT2D eigenvalue weighted by Gasteiger charge is -2.22. The highest BCUT2D eigenvalue weighted by Crippen LogP contribution is 2.29. The molecule has 0 unspecified atom stereocenters. The van der Waals surface area contributed by atoms with E-state index >= 15 is 0 Å². The molecule has 2 aromatic carbocycles. The summed E-state index contributed by atoms with van der Waals surface area (Å²) >= 11 is 0. The van der Waals surface area contributed by atoms with Crippen LogP contribution in [0.15, 0.2) is 57.9 Å². The second-order valence-corrected chi connectivity index (χ2v) is 6.55. The second kappa shape index (κ2) is 9.50. The molecule has 0 bridgehead atoms. The average molecular weight is 383 g/mol. The van der Waals surface area contributed by atoms with E-state index < -0.39 is 0 Å². The normalized spacial score (nSPS) is 11.4. The molecule has 0 saturated carbocycles. The van der Waals surface area contributed by atoms with E-state index in [-0.39, 0.29) is 11.2 Å². The molecule has 3 aromatic rings. The number of aromatic hydroxyl groups is 1. The summed E-state index contributed by atoms with van der Waals surface area (Å²) in [6.07, 6.45) is 1.47. The van der Waals surface area contributed by atoms with E-state index in [9.17, 15) is 9.90 Å². The minimum absolute atomic E-state index is 0.0999. The number of ether oxygens (including phenoxy) is 2. The molecule has 28 heavy (non-hydrogen) atoms. The van der Waals surface area contributed by atoms with Crippen molar-refractivity contribution >= 4 is 11.0 Å². The van der Waals surface area contributed by atoms with Gasteiger partial charge in [-0.15, -0.1) is 0 Å². The summed E-state index contributed by atoms with van der Waals surface area (Å²) in [5, 5.41) is 10.9. The van der Waals surface area contributed by atoms with Crippen LogP contribution in [0.3, 0.4) is 0 Å². The molecule has 3 rings (SSSR count). The van der Waals surface area contributed by atoms with E-state index in [0.29, 0.717) is 54.9 Å². The SMILES string of the molecule is COCCN(CCOC)Cc1c(O)ccc2c(=O)c(-c3ccccc3)coc12. The predicted octanol–water partition coefficient (Wildman–Crippen LogP) is 3.26. The van der Waals surface area contributed by atoms with Gasteiger partial charge in [0.25, 0.3) is 0 Å². The van der Waals surface area contributed by atoms with Crippen LogP contribution in [0.1, 0.15) is 5.56 Å². The van der Waals surface area contributed by atoms with Crippen LogP contribution in [0.5, 0.6) is 5.75 Å².